The van der Waals surface area contributed by atoms with E-state index in [0.717, 1.165) is 12.6 Å². The lowest BCUT2D eigenvalue weighted by atomic mass is 10.1. The second kappa shape index (κ2) is 8.08. The number of rotatable bonds is 6. The lowest BCUT2D eigenvalue weighted by molar-refractivity contribution is 0.217. The van der Waals surface area contributed by atoms with Crippen molar-refractivity contribution in [2.45, 2.75) is 70.9 Å². The zero-order valence-corrected chi connectivity index (χ0v) is 11.5. The molecule has 1 aliphatic carbocycles. The molecule has 0 radical (unpaired) electrons. The molecule has 1 rings (SSSR count). The van der Waals surface area contributed by atoms with E-state index in [1.807, 2.05) is 0 Å². The fourth-order valence-electron chi connectivity index (χ4n) is 2.60. The van der Waals surface area contributed by atoms with Crippen LogP contribution in [0.3, 0.4) is 0 Å². The van der Waals surface area contributed by atoms with Gasteiger partial charge in [-0.25, -0.2) is 0 Å². The van der Waals surface area contributed by atoms with E-state index >= 15 is 0 Å². The Labute approximate surface area is 102 Å². The Bertz CT molecular complexity index is 160. The lowest BCUT2D eigenvalue weighted by Gasteiger charge is -2.27. The van der Waals surface area contributed by atoms with Gasteiger partial charge >= 0.3 is 0 Å². The number of hydrogen-bond donors (Lipinski definition) is 1. The van der Waals surface area contributed by atoms with Crippen molar-refractivity contribution in [3.8, 4) is 0 Å². The molecule has 1 fully saturated rings. The minimum absolute atomic E-state index is 0.628. The summed E-state index contributed by atoms with van der Waals surface area (Å²) in [5.41, 5.74) is 0. The highest BCUT2D eigenvalue weighted by atomic mass is 15.1. The Hall–Kier alpha value is -0.0800. The van der Waals surface area contributed by atoms with Gasteiger partial charge in [-0.2, -0.15) is 0 Å². The first-order chi connectivity index (χ1) is 7.70. The van der Waals surface area contributed by atoms with Crippen molar-refractivity contribution in [1.82, 2.24) is 10.2 Å². The predicted octanol–water partition coefficient (Wildman–Crippen LogP) is 3.03. The first kappa shape index (κ1) is 14.0. The highest BCUT2D eigenvalue weighted by molar-refractivity contribution is 4.72. The standard InChI is InChI=1S/C14H30N2/c1-13(2)15-11-8-12-16(3)14-9-6-4-5-7-10-14/h13-15H,4-12H2,1-3H3. The van der Waals surface area contributed by atoms with E-state index < -0.39 is 0 Å². The van der Waals surface area contributed by atoms with E-state index in [4.69, 9.17) is 0 Å². The lowest BCUT2D eigenvalue weighted by Crippen LogP contribution is -2.34. The van der Waals surface area contributed by atoms with Crippen LogP contribution in [0.1, 0.15) is 58.8 Å². The van der Waals surface area contributed by atoms with Crippen molar-refractivity contribution in [3.05, 3.63) is 0 Å². The highest BCUT2D eigenvalue weighted by Crippen LogP contribution is 2.20. The zero-order valence-electron chi connectivity index (χ0n) is 11.5. The Morgan fingerprint density at radius 3 is 2.31 bits per heavy atom. The molecule has 0 heterocycles. The summed E-state index contributed by atoms with van der Waals surface area (Å²) >= 11 is 0. The van der Waals surface area contributed by atoms with Crippen LogP contribution in [0, 0.1) is 0 Å². The summed E-state index contributed by atoms with van der Waals surface area (Å²) in [7, 11) is 2.31. The minimum atomic E-state index is 0.628. The van der Waals surface area contributed by atoms with Crippen molar-refractivity contribution >= 4 is 0 Å². The van der Waals surface area contributed by atoms with Crippen molar-refractivity contribution in [1.29, 1.82) is 0 Å². The molecule has 0 bridgehead atoms. The van der Waals surface area contributed by atoms with Gasteiger partial charge in [-0.1, -0.05) is 39.5 Å². The summed E-state index contributed by atoms with van der Waals surface area (Å²) in [5, 5.41) is 3.49. The second-order valence-corrected chi connectivity index (χ2v) is 5.59. The summed E-state index contributed by atoms with van der Waals surface area (Å²) in [4.78, 5) is 2.59. The van der Waals surface area contributed by atoms with Crippen molar-refractivity contribution in [2.75, 3.05) is 20.1 Å². The molecule has 1 aliphatic rings. The molecule has 0 saturated heterocycles. The first-order valence-electron chi connectivity index (χ1n) is 7.14. The fourth-order valence-corrected chi connectivity index (χ4v) is 2.60. The monoisotopic (exact) mass is 226 g/mol. The maximum Gasteiger partial charge on any atom is 0.00922 e. The molecule has 0 aliphatic heterocycles. The molecule has 1 N–H and O–H groups in total. The molecule has 0 spiro atoms. The van der Waals surface area contributed by atoms with E-state index in [1.54, 1.807) is 0 Å². The Balaban J connectivity index is 2.10. The summed E-state index contributed by atoms with van der Waals surface area (Å²) in [6.07, 6.45) is 9.93. The largest absolute Gasteiger partial charge is 0.314 e. The normalized spacial score (nSPS) is 19.3. The van der Waals surface area contributed by atoms with Crippen LogP contribution >= 0.6 is 0 Å². The molecule has 0 aromatic carbocycles. The molecule has 0 atom stereocenters. The molecular formula is C14H30N2. The van der Waals surface area contributed by atoms with E-state index in [1.165, 1.54) is 51.5 Å². The molecule has 2 nitrogen and oxygen atoms in total. The molecular weight excluding hydrogens is 196 g/mol. The van der Waals surface area contributed by atoms with Gasteiger partial charge < -0.3 is 10.2 Å². The van der Waals surface area contributed by atoms with Crippen LogP contribution < -0.4 is 5.32 Å². The van der Waals surface area contributed by atoms with E-state index in [2.05, 4.69) is 31.1 Å². The van der Waals surface area contributed by atoms with Crippen LogP contribution in [0.5, 0.6) is 0 Å². The average molecular weight is 226 g/mol. The first-order valence-corrected chi connectivity index (χ1v) is 7.14. The number of nitrogens with zero attached hydrogens (tertiary/aromatic N) is 1. The third kappa shape index (κ3) is 5.86. The summed E-state index contributed by atoms with van der Waals surface area (Å²) < 4.78 is 0. The Kier molecular flexibility index (Phi) is 7.06. The molecule has 1 saturated carbocycles. The summed E-state index contributed by atoms with van der Waals surface area (Å²) in [5.74, 6) is 0. The van der Waals surface area contributed by atoms with Gasteiger partial charge in [-0.15, -0.1) is 0 Å². The third-order valence-corrected chi connectivity index (χ3v) is 3.69. The smallest absolute Gasteiger partial charge is 0.00922 e. The summed E-state index contributed by atoms with van der Waals surface area (Å²) in [6, 6.07) is 1.49. The Morgan fingerprint density at radius 1 is 1.12 bits per heavy atom. The zero-order chi connectivity index (χ0) is 11.8. The molecule has 0 unspecified atom stereocenters. The van der Waals surface area contributed by atoms with Crippen molar-refractivity contribution < 1.29 is 0 Å². The van der Waals surface area contributed by atoms with E-state index in [0.29, 0.717) is 6.04 Å². The highest BCUT2D eigenvalue weighted by Gasteiger charge is 2.15. The molecule has 0 aromatic rings. The van der Waals surface area contributed by atoms with Gasteiger partial charge in [-0.05, 0) is 39.4 Å². The van der Waals surface area contributed by atoms with Gasteiger partial charge in [-0.3, -0.25) is 0 Å². The topological polar surface area (TPSA) is 15.3 Å². The van der Waals surface area contributed by atoms with E-state index in [-0.39, 0.29) is 0 Å². The fraction of sp³-hybridized carbons (Fsp3) is 1.00. The molecule has 2 heteroatoms. The minimum Gasteiger partial charge on any atom is -0.314 e. The molecule has 16 heavy (non-hydrogen) atoms. The van der Waals surface area contributed by atoms with E-state index in [9.17, 15) is 0 Å². The Morgan fingerprint density at radius 2 is 1.75 bits per heavy atom. The number of nitrogens with one attached hydrogen (secondary N) is 1. The van der Waals surface area contributed by atoms with Gasteiger partial charge in [0.05, 0.1) is 0 Å². The molecule has 0 aromatic heterocycles. The quantitative estimate of drug-likeness (QED) is 0.553. The summed E-state index contributed by atoms with van der Waals surface area (Å²) in [6.45, 7) is 6.85. The third-order valence-electron chi connectivity index (χ3n) is 3.69. The van der Waals surface area contributed by atoms with Crippen LogP contribution in [-0.2, 0) is 0 Å². The van der Waals surface area contributed by atoms with Crippen molar-refractivity contribution in [3.63, 3.8) is 0 Å². The van der Waals surface area contributed by atoms with Crippen LogP contribution in [-0.4, -0.2) is 37.1 Å². The van der Waals surface area contributed by atoms with Crippen LogP contribution in [0.4, 0.5) is 0 Å². The maximum atomic E-state index is 3.49. The molecule has 96 valence electrons. The van der Waals surface area contributed by atoms with Crippen LogP contribution in [0.25, 0.3) is 0 Å². The van der Waals surface area contributed by atoms with Crippen molar-refractivity contribution in [2.24, 2.45) is 0 Å². The molecule has 0 amide bonds. The van der Waals surface area contributed by atoms with Gasteiger partial charge in [0.25, 0.3) is 0 Å². The average Bonchev–Trinajstić information content (AvgIpc) is 2.52. The van der Waals surface area contributed by atoms with Crippen LogP contribution in [0.2, 0.25) is 0 Å². The predicted molar refractivity (Wildman–Crippen MR) is 71.9 cm³/mol. The number of hydrogen-bond acceptors (Lipinski definition) is 2. The van der Waals surface area contributed by atoms with Crippen LogP contribution in [0.15, 0.2) is 0 Å². The van der Waals surface area contributed by atoms with Gasteiger partial charge in [0, 0.05) is 12.1 Å². The SMILES string of the molecule is CC(C)NCCCN(C)C1CCCCCC1. The van der Waals surface area contributed by atoms with Gasteiger partial charge in [0.2, 0.25) is 0 Å². The second-order valence-electron chi connectivity index (χ2n) is 5.59. The maximum absolute atomic E-state index is 3.49. The van der Waals surface area contributed by atoms with Gasteiger partial charge in [0.15, 0.2) is 0 Å². The van der Waals surface area contributed by atoms with Gasteiger partial charge in [0.1, 0.15) is 0 Å².